The molecule has 37 heavy (non-hydrogen) atoms. The maximum atomic E-state index is 13.6. The summed E-state index contributed by atoms with van der Waals surface area (Å²) >= 11 is 0. The second-order valence-corrected chi connectivity index (χ2v) is 12.4. The van der Waals surface area contributed by atoms with Gasteiger partial charge in [-0.15, -0.1) is 12.4 Å². The van der Waals surface area contributed by atoms with Crippen LogP contribution in [0.15, 0.2) is 17.0 Å². The Bertz CT molecular complexity index is 1050. The lowest BCUT2D eigenvalue weighted by Gasteiger charge is -2.29. The number of hydrogen-bond acceptors (Lipinski definition) is 5. The molecule has 1 saturated heterocycles. The zero-order chi connectivity index (χ0) is 25.9. The van der Waals surface area contributed by atoms with E-state index in [2.05, 4.69) is 5.32 Å². The van der Waals surface area contributed by atoms with Crippen molar-refractivity contribution >= 4 is 28.4 Å². The average Bonchev–Trinajstić information content (AvgIpc) is 3.23. The summed E-state index contributed by atoms with van der Waals surface area (Å²) in [6.07, 6.45) is 6.61. The molecule has 1 aromatic rings. The summed E-state index contributed by atoms with van der Waals surface area (Å²) in [5.41, 5.74) is 1.86. The lowest BCUT2D eigenvalue weighted by Crippen LogP contribution is -2.40. The highest BCUT2D eigenvalue weighted by atomic mass is 35.5. The zero-order valence-electron chi connectivity index (χ0n) is 21.4. The Morgan fingerprint density at radius 2 is 1.89 bits per heavy atom. The fourth-order valence-electron chi connectivity index (χ4n) is 5.73. The van der Waals surface area contributed by atoms with Crippen LogP contribution in [-0.2, 0) is 21.2 Å². The summed E-state index contributed by atoms with van der Waals surface area (Å²) in [5.74, 6) is -3.25. The Hall–Kier alpha value is -1.49. The van der Waals surface area contributed by atoms with E-state index in [0.29, 0.717) is 31.4 Å². The number of aryl methyl sites for hydroxylation is 1. The number of sulfonamides is 1. The number of carbonyl (C=O) groups is 1. The maximum Gasteiger partial charge on any atom is 0.322 e. The summed E-state index contributed by atoms with van der Waals surface area (Å²) in [7, 11) is -4.02. The number of hydrogen-bond donors (Lipinski definition) is 2. The maximum absolute atomic E-state index is 13.6. The number of nitrogens with one attached hydrogen (secondary N) is 1. The summed E-state index contributed by atoms with van der Waals surface area (Å²) in [5, 5.41) is 12.9. The molecule has 2 fully saturated rings. The minimum absolute atomic E-state index is 0. The largest absolute Gasteiger partial charge is 0.489 e. The van der Waals surface area contributed by atoms with Gasteiger partial charge >= 0.3 is 5.97 Å². The van der Waals surface area contributed by atoms with Gasteiger partial charge in [0, 0.05) is 25.4 Å². The Kier molecular flexibility index (Phi) is 10.2. The predicted octanol–water partition coefficient (Wildman–Crippen LogP) is 5.08. The molecule has 210 valence electrons. The molecule has 2 aliphatic heterocycles. The Morgan fingerprint density at radius 3 is 2.59 bits per heavy atom. The molecular formula is C26H39ClF2N2O5S. The van der Waals surface area contributed by atoms with Gasteiger partial charge in [-0.05, 0) is 94.9 Å². The van der Waals surface area contributed by atoms with Gasteiger partial charge in [-0.3, -0.25) is 4.79 Å². The smallest absolute Gasteiger partial charge is 0.322 e. The van der Waals surface area contributed by atoms with Crippen molar-refractivity contribution in [3.63, 3.8) is 0 Å². The molecule has 0 aromatic heterocycles. The molecule has 2 atom stereocenters. The molecule has 1 aliphatic carbocycles. The first-order valence-electron chi connectivity index (χ1n) is 13.2. The molecule has 11 heteroatoms. The van der Waals surface area contributed by atoms with Crippen molar-refractivity contribution in [1.29, 1.82) is 0 Å². The fraction of sp³-hybridized carbons (Fsp3) is 0.731. The second kappa shape index (κ2) is 12.6. The molecule has 0 bridgehead atoms. The van der Waals surface area contributed by atoms with Crippen LogP contribution < -0.4 is 10.1 Å². The molecular weight excluding hydrogens is 526 g/mol. The number of carboxylic acids is 1. The molecule has 0 spiro atoms. The van der Waals surface area contributed by atoms with Gasteiger partial charge < -0.3 is 15.2 Å². The highest BCUT2D eigenvalue weighted by Gasteiger charge is 2.41. The fourth-order valence-corrected chi connectivity index (χ4v) is 7.53. The molecule has 2 N–H and O–H groups in total. The van der Waals surface area contributed by atoms with Crippen LogP contribution in [0, 0.1) is 6.92 Å². The summed E-state index contributed by atoms with van der Waals surface area (Å²) < 4.78 is 61.3. The number of unbranched alkanes of at least 4 members (excludes halogenated alkanes) is 1. The van der Waals surface area contributed by atoms with Crippen LogP contribution >= 0.6 is 12.4 Å². The normalized spacial score (nSPS) is 24.5. The minimum Gasteiger partial charge on any atom is -0.489 e. The number of alkyl halides is 2. The molecule has 1 aromatic carbocycles. The summed E-state index contributed by atoms with van der Waals surface area (Å²) in [6.45, 7) is 2.91. The average molecular weight is 565 g/mol. The first-order chi connectivity index (χ1) is 17.1. The molecule has 7 nitrogen and oxygen atoms in total. The molecule has 1 unspecified atom stereocenters. The number of fused-ring (bicyclic) bond motifs is 1. The van der Waals surface area contributed by atoms with Crippen LogP contribution in [0.2, 0.25) is 0 Å². The topological polar surface area (TPSA) is 95.9 Å². The molecule has 3 aliphatic rings. The Balaban J connectivity index is 0.00000380. The molecule has 2 heterocycles. The van der Waals surface area contributed by atoms with Crippen LogP contribution in [0.4, 0.5) is 8.78 Å². The highest BCUT2D eigenvalue weighted by molar-refractivity contribution is 7.89. The summed E-state index contributed by atoms with van der Waals surface area (Å²) in [4.78, 5) is 11.7. The molecule has 1 saturated carbocycles. The van der Waals surface area contributed by atoms with Crippen LogP contribution in [0.1, 0.15) is 81.8 Å². The lowest BCUT2D eigenvalue weighted by molar-refractivity contribution is -0.140. The van der Waals surface area contributed by atoms with Crippen molar-refractivity contribution in [3.05, 3.63) is 23.3 Å². The van der Waals surface area contributed by atoms with Crippen LogP contribution in [0.5, 0.6) is 5.75 Å². The van der Waals surface area contributed by atoms with E-state index in [1.54, 1.807) is 12.1 Å². The number of nitrogens with zero attached hydrogens (tertiary/aromatic N) is 1. The van der Waals surface area contributed by atoms with E-state index in [1.165, 1.54) is 0 Å². The SMILES string of the molecule is Cc1ccc(S(=O)(=O)N2CCC[C@H]2C(=O)O)c2c1CCCC(CCCCNC1CCC(F)(F)CC1)O2.Cl. The van der Waals surface area contributed by atoms with E-state index in [9.17, 15) is 27.1 Å². The Labute approximate surface area is 224 Å². The second-order valence-electron chi connectivity index (χ2n) is 10.5. The summed E-state index contributed by atoms with van der Waals surface area (Å²) in [6, 6.07) is 2.45. The predicted molar refractivity (Wildman–Crippen MR) is 139 cm³/mol. The van der Waals surface area contributed by atoms with E-state index in [-0.39, 0.29) is 48.8 Å². The molecule has 0 radical (unpaired) electrons. The number of ether oxygens (including phenoxy) is 1. The molecule has 4 rings (SSSR count). The van der Waals surface area contributed by atoms with Gasteiger partial charge in [-0.2, -0.15) is 4.31 Å². The van der Waals surface area contributed by atoms with Crippen molar-refractivity contribution in [2.45, 2.75) is 113 Å². The van der Waals surface area contributed by atoms with Crippen molar-refractivity contribution in [1.82, 2.24) is 9.62 Å². The number of carboxylic acid groups (broad SMARTS) is 1. The molecule has 0 amide bonds. The number of aliphatic carboxylic acids is 1. The van der Waals surface area contributed by atoms with E-state index in [1.807, 2.05) is 6.92 Å². The monoisotopic (exact) mass is 564 g/mol. The van der Waals surface area contributed by atoms with Gasteiger partial charge in [0.2, 0.25) is 15.9 Å². The van der Waals surface area contributed by atoms with Gasteiger partial charge in [-0.25, -0.2) is 17.2 Å². The van der Waals surface area contributed by atoms with Crippen molar-refractivity contribution in [2.24, 2.45) is 0 Å². The number of benzene rings is 1. The number of rotatable bonds is 9. The van der Waals surface area contributed by atoms with Gasteiger partial charge in [0.15, 0.2) is 0 Å². The van der Waals surface area contributed by atoms with E-state index in [4.69, 9.17) is 4.74 Å². The Morgan fingerprint density at radius 1 is 1.16 bits per heavy atom. The van der Waals surface area contributed by atoms with Gasteiger partial charge in [0.05, 0.1) is 6.10 Å². The van der Waals surface area contributed by atoms with Gasteiger partial charge in [0.25, 0.3) is 0 Å². The minimum atomic E-state index is -4.02. The van der Waals surface area contributed by atoms with Gasteiger partial charge in [0.1, 0.15) is 16.7 Å². The first kappa shape index (κ1) is 30.1. The number of halogens is 3. The van der Waals surface area contributed by atoms with Crippen molar-refractivity contribution in [3.8, 4) is 5.75 Å². The van der Waals surface area contributed by atoms with Gasteiger partial charge in [-0.1, -0.05) is 6.07 Å². The van der Waals surface area contributed by atoms with E-state index < -0.39 is 28.0 Å². The van der Waals surface area contributed by atoms with Crippen molar-refractivity contribution < 1.29 is 31.8 Å². The van der Waals surface area contributed by atoms with Crippen LogP contribution in [0.25, 0.3) is 0 Å². The lowest BCUT2D eigenvalue weighted by atomic mass is 9.92. The quantitative estimate of drug-likeness (QED) is 0.406. The third-order valence-electron chi connectivity index (χ3n) is 7.87. The van der Waals surface area contributed by atoms with Crippen LogP contribution in [-0.4, -0.2) is 61.0 Å². The van der Waals surface area contributed by atoms with Crippen molar-refractivity contribution in [2.75, 3.05) is 13.1 Å². The third-order valence-corrected chi connectivity index (χ3v) is 9.81. The van der Waals surface area contributed by atoms with Crippen LogP contribution in [0.3, 0.4) is 0 Å². The van der Waals surface area contributed by atoms with E-state index >= 15 is 0 Å². The highest BCUT2D eigenvalue weighted by Crippen LogP contribution is 2.39. The third kappa shape index (κ3) is 7.13. The van der Waals surface area contributed by atoms with E-state index in [0.717, 1.165) is 60.5 Å². The standard InChI is InChI=1S/C26H38F2N2O5S.ClH/c1-18-10-11-23(36(33,34)30-17-5-9-22(30)25(31)32)24-21(18)8-4-7-20(35-24)6-2-3-16-29-19-12-14-26(27,28)15-13-19;/h10-11,19-20,22,29H,2-9,12-17H2,1H3,(H,31,32);1H/t20?,22-;/m0./s1. The zero-order valence-corrected chi connectivity index (χ0v) is 23.0. The first-order valence-corrected chi connectivity index (χ1v) is 14.7.